The molecule has 1 saturated carbocycles. The number of piperidine rings is 1. The second-order valence-electron chi connectivity index (χ2n) is 9.38. The number of carbonyl (C=O) groups excluding carboxylic acids is 3. The van der Waals surface area contributed by atoms with Crippen molar-refractivity contribution in [1.29, 1.82) is 0 Å². The molecule has 3 fully saturated rings. The number of alkyl halides is 3. The maximum Gasteiger partial charge on any atom is 0.411 e. The third-order valence-corrected chi connectivity index (χ3v) is 7.03. The summed E-state index contributed by atoms with van der Waals surface area (Å²) in [6, 6.07) is 4.71. The molecule has 1 aromatic rings. The normalized spacial score (nSPS) is 28.1. The highest BCUT2D eigenvalue weighted by atomic mass is 19.4. The van der Waals surface area contributed by atoms with Crippen molar-refractivity contribution in [3.05, 3.63) is 29.3 Å². The number of imide groups is 1. The van der Waals surface area contributed by atoms with Crippen LogP contribution in [0.4, 0.5) is 13.2 Å². The van der Waals surface area contributed by atoms with Crippen molar-refractivity contribution in [2.75, 3.05) is 19.7 Å². The third-order valence-electron chi connectivity index (χ3n) is 7.03. The van der Waals surface area contributed by atoms with Crippen molar-refractivity contribution >= 4 is 17.7 Å². The van der Waals surface area contributed by atoms with Crippen LogP contribution in [0.25, 0.3) is 0 Å². The molecular weight excluding hydrogens is 455 g/mol. The van der Waals surface area contributed by atoms with Gasteiger partial charge in [-0.05, 0) is 49.4 Å². The number of fused-ring (bicyclic) bond motifs is 1. The molecule has 1 N–H and O–H groups in total. The van der Waals surface area contributed by atoms with E-state index in [0.29, 0.717) is 30.8 Å². The van der Waals surface area contributed by atoms with Crippen molar-refractivity contribution < 1.29 is 37.0 Å². The van der Waals surface area contributed by atoms with E-state index >= 15 is 0 Å². The summed E-state index contributed by atoms with van der Waals surface area (Å²) in [6.45, 7) is -0.0314. The van der Waals surface area contributed by atoms with Gasteiger partial charge in [-0.25, -0.2) is 0 Å². The molecule has 3 atom stereocenters. The zero-order chi connectivity index (χ0) is 24.0. The monoisotopic (exact) mass is 481 g/mol. The van der Waals surface area contributed by atoms with E-state index in [-0.39, 0.29) is 36.9 Å². The predicted molar refractivity (Wildman–Crippen MR) is 112 cm³/mol. The van der Waals surface area contributed by atoms with E-state index in [0.717, 1.165) is 24.8 Å². The van der Waals surface area contributed by atoms with Gasteiger partial charge in [-0.2, -0.15) is 13.2 Å². The maximum absolute atomic E-state index is 12.8. The Morgan fingerprint density at radius 1 is 1.09 bits per heavy atom. The van der Waals surface area contributed by atoms with Crippen LogP contribution in [-0.2, 0) is 20.9 Å². The average Bonchev–Trinajstić information content (AvgIpc) is 3.30. The van der Waals surface area contributed by atoms with Crippen molar-refractivity contribution in [2.24, 2.45) is 0 Å². The number of ether oxygens (including phenoxy) is 2. The lowest BCUT2D eigenvalue weighted by Crippen LogP contribution is -2.59. The molecule has 5 rings (SSSR count). The van der Waals surface area contributed by atoms with Gasteiger partial charge in [0, 0.05) is 37.7 Å². The molecule has 1 unspecified atom stereocenters. The number of likely N-dealkylation sites (tertiary alicyclic amines) is 1. The first-order chi connectivity index (χ1) is 16.2. The molecule has 3 amide bonds. The minimum Gasteiger partial charge on any atom is -0.489 e. The Morgan fingerprint density at radius 3 is 2.62 bits per heavy atom. The highest BCUT2D eigenvalue weighted by molar-refractivity contribution is 6.05. The zero-order valence-electron chi connectivity index (χ0n) is 18.5. The Morgan fingerprint density at radius 2 is 1.88 bits per heavy atom. The number of benzene rings is 1. The largest absolute Gasteiger partial charge is 0.489 e. The molecule has 0 bridgehead atoms. The minimum absolute atomic E-state index is 0.0926. The van der Waals surface area contributed by atoms with Crippen LogP contribution in [0.2, 0.25) is 0 Å². The van der Waals surface area contributed by atoms with E-state index in [2.05, 4.69) is 10.2 Å². The fraction of sp³-hybridized carbons (Fsp3) is 0.609. The number of hydrogen-bond acceptors (Lipinski definition) is 6. The molecule has 1 aliphatic carbocycles. The van der Waals surface area contributed by atoms with Crippen molar-refractivity contribution in [1.82, 2.24) is 15.1 Å². The number of nitrogens with zero attached hydrogens (tertiary/aromatic N) is 2. The number of nitrogens with one attached hydrogen (secondary N) is 1. The summed E-state index contributed by atoms with van der Waals surface area (Å²) in [6.07, 6.45) is -1.60. The smallest absolute Gasteiger partial charge is 0.411 e. The summed E-state index contributed by atoms with van der Waals surface area (Å²) in [5, 5.41) is 2.29. The highest BCUT2D eigenvalue weighted by Gasteiger charge is 2.43. The van der Waals surface area contributed by atoms with Gasteiger partial charge in [-0.15, -0.1) is 0 Å². The topological polar surface area (TPSA) is 88.2 Å². The van der Waals surface area contributed by atoms with Gasteiger partial charge in [0.05, 0.1) is 6.10 Å². The van der Waals surface area contributed by atoms with Crippen LogP contribution < -0.4 is 10.1 Å². The number of carbonyl (C=O) groups is 3. The van der Waals surface area contributed by atoms with Gasteiger partial charge in [-0.1, -0.05) is 0 Å². The quantitative estimate of drug-likeness (QED) is 0.626. The lowest BCUT2D eigenvalue weighted by Gasteiger charge is -2.44. The maximum atomic E-state index is 12.8. The Kier molecular flexibility index (Phi) is 6.01. The lowest BCUT2D eigenvalue weighted by atomic mass is 10.0. The minimum atomic E-state index is -4.32. The lowest BCUT2D eigenvalue weighted by molar-refractivity contribution is -0.202. The van der Waals surface area contributed by atoms with E-state index in [1.54, 1.807) is 12.1 Å². The molecule has 1 aromatic carbocycles. The summed E-state index contributed by atoms with van der Waals surface area (Å²) in [4.78, 5) is 40.1. The van der Waals surface area contributed by atoms with Crippen LogP contribution in [0.5, 0.6) is 5.75 Å². The van der Waals surface area contributed by atoms with Crippen LogP contribution in [0.3, 0.4) is 0 Å². The standard InChI is InChI=1S/C23H26F3N3O5/c24-23(25,26)12-33-15-10-28(11-15)17-2-1-3-19(17)34-14-4-5-16-13(8-14)9-29(22(16)32)18-6-7-20(30)27-21(18)31/h4-5,8,15,17-19H,1-3,6-7,9-12H2,(H,27,30,31)/t17-,18?,19+/m0/s1. The number of amides is 3. The van der Waals surface area contributed by atoms with E-state index in [9.17, 15) is 27.6 Å². The first-order valence-electron chi connectivity index (χ1n) is 11.5. The summed E-state index contributed by atoms with van der Waals surface area (Å²) in [5.41, 5.74) is 1.29. The Hall–Kier alpha value is -2.66. The van der Waals surface area contributed by atoms with Gasteiger partial charge in [-0.3, -0.25) is 24.6 Å². The molecule has 11 heteroatoms. The van der Waals surface area contributed by atoms with Crippen molar-refractivity contribution in [3.8, 4) is 5.75 Å². The molecule has 2 saturated heterocycles. The second kappa shape index (κ2) is 8.84. The fourth-order valence-electron chi connectivity index (χ4n) is 5.32. The summed E-state index contributed by atoms with van der Waals surface area (Å²) in [7, 11) is 0. The fourth-order valence-corrected chi connectivity index (χ4v) is 5.32. The SMILES string of the molecule is O=C1CCC(N2Cc3cc(O[C@@H]4CCC[C@@H]4N4CC(OCC(F)(F)F)C4)ccc3C2=O)C(=O)N1. The molecule has 3 aliphatic heterocycles. The van der Waals surface area contributed by atoms with Crippen LogP contribution >= 0.6 is 0 Å². The van der Waals surface area contributed by atoms with E-state index < -0.39 is 30.8 Å². The Bertz CT molecular complexity index is 995. The Balaban J connectivity index is 1.19. The first-order valence-corrected chi connectivity index (χ1v) is 11.5. The highest BCUT2D eigenvalue weighted by Crippen LogP contribution is 2.35. The Labute approximate surface area is 194 Å². The third kappa shape index (κ3) is 4.63. The van der Waals surface area contributed by atoms with Crippen molar-refractivity contribution in [3.63, 3.8) is 0 Å². The molecular formula is C23H26F3N3O5. The van der Waals surface area contributed by atoms with E-state index in [1.807, 2.05) is 6.07 Å². The van der Waals surface area contributed by atoms with Gasteiger partial charge >= 0.3 is 6.18 Å². The van der Waals surface area contributed by atoms with Crippen molar-refractivity contribution in [2.45, 2.75) is 69.1 Å². The molecule has 184 valence electrons. The molecule has 4 aliphatic rings. The van der Waals surface area contributed by atoms with Crippen LogP contribution in [0, 0.1) is 0 Å². The van der Waals surface area contributed by atoms with Gasteiger partial charge in [0.25, 0.3) is 5.91 Å². The number of rotatable bonds is 6. The number of halogens is 3. The number of hydrogen-bond donors (Lipinski definition) is 1. The van der Waals surface area contributed by atoms with Gasteiger partial charge < -0.3 is 14.4 Å². The molecule has 0 aromatic heterocycles. The van der Waals surface area contributed by atoms with Crippen LogP contribution in [0.1, 0.15) is 48.0 Å². The first kappa shape index (κ1) is 23.1. The van der Waals surface area contributed by atoms with Gasteiger partial charge in [0.15, 0.2) is 0 Å². The van der Waals surface area contributed by atoms with E-state index in [4.69, 9.17) is 9.47 Å². The molecule has 34 heavy (non-hydrogen) atoms. The van der Waals surface area contributed by atoms with E-state index in [1.165, 1.54) is 4.90 Å². The zero-order valence-corrected chi connectivity index (χ0v) is 18.5. The average molecular weight is 481 g/mol. The van der Waals surface area contributed by atoms with Crippen LogP contribution in [-0.4, -0.2) is 77.7 Å². The molecule has 0 spiro atoms. The summed E-state index contributed by atoms with van der Waals surface area (Å²) in [5.74, 6) is -0.387. The van der Waals surface area contributed by atoms with Gasteiger partial charge in [0.2, 0.25) is 11.8 Å². The van der Waals surface area contributed by atoms with Crippen LogP contribution in [0.15, 0.2) is 18.2 Å². The molecule has 8 nitrogen and oxygen atoms in total. The summed E-state index contributed by atoms with van der Waals surface area (Å²) < 4.78 is 48.2. The predicted octanol–water partition coefficient (Wildman–Crippen LogP) is 2.01. The molecule has 3 heterocycles. The molecule has 0 radical (unpaired) electrons. The van der Waals surface area contributed by atoms with Gasteiger partial charge in [0.1, 0.15) is 24.5 Å². The second-order valence-corrected chi connectivity index (χ2v) is 9.38. The summed E-state index contributed by atoms with van der Waals surface area (Å²) >= 11 is 0.